The third-order valence-corrected chi connectivity index (χ3v) is 7.75. The minimum atomic E-state index is -1.01. The first-order valence-corrected chi connectivity index (χ1v) is 15.0. The summed E-state index contributed by atoms with van der Waals surface area (Å²) in [5, 5.41) is 16.6. The second-order valence-electron chi connectivity index (χ2n) is 10.8. The van der Waals surface area contributed by atoms with E-state index >= 15 is 0 Å². The zero-order valence-electron chi connectivity index (χ0n) is 24.2. The molecule has 1 unspecified atom stereocenters. The zero-order valence-corrected chi connectivity index (χ0v) is 24.2. The van der Waals surface area contributed by atoms with Crippen molar-refractivity contribution in [2.75, 3.05) is 23.8 Å². The number of carboxylic acid groups (broad SMARTS) is 1. The third-order valence-electron chi connectivity index (χ3n) is 7.75. The molecule has 0 heterocycles. The van der Waals surface area contributed by atoms with Crippen LogP contribution in [-0.2, 0) is 11.2 Å². The van der Waals surface area contributed by atoms with E-state index in [1.807, 2.05) is 30.3 Å². The van der Waals surface area contributed by atoms with Crippen molar-refractivity contribution in [2.24, 2.45) is 0 Å². The number of rotatable bonds is 14. The molecule has 1 aliphatic rings. The van der Waals surface area contributed by atoms with Crippen LogP contribution in [0.3, 0.4) is 0 Å². The van der Waals surface area contributed by atoms with E-state index < -0.39 is 18.0 Å². The highest BCUT2D eigenvalue weighted by atomic mass is 16.5. The van der Waals surface area contributed by atoms with Crippen molar-refractivity contribution < 1.29 is 24.2 Å². The van der Waals surface area contributed by atoms with Gasteiger partial charge in [-0.1, -0.05) is 73.5 Å². The van der Waals surface area contributed by atoms with Gasteiger partial charge < -0.3 is 25.2 Å². The van der Waals surface area contributed by atoms with Crippen molar-refractivity contribution in [1.82, 2.24) is 0 Å². The van der Waals surface area contributed by atoms with Crippen molar-refractivity contribution in [3.63, 3.8) is 0 Å². The molecular weight excluding hydrogens is 540 g/mol. The number of benzene rings is 4. The second-order valence-corrected chi connectivity index (χ2v) is 10.8. The molecule has 5 rings (SSSR count). The number of esters is 1. The number of nitrogens with one attached hydrogen (secondary N) is 2. The maximum absolute atomic E-state index is 12.6. The molecule has 7 heteroatoms. The molecule has 0 aromatic heterocycles. The van der Waals surface area contributed by atoms with Crippen LogP contribution >= 0.6 is 0 Å². The molecule has 1 fully saturated rings. The van der Waals surface area contributed by atoms with E-state index in [4.69, 9.17) is 9.47 Å². The Kier molecular flexibility index (Phi) is 10.3. The molecule has 1 saturated carbocycles. The maximum Gasteiger partial charge on any atom is 0.343 e. The van der Waals surface area contributed by atoms with Crippen molar-refractivity contribution in [2.45, 2.75) is 50.5 Å². The van der Waals surface area contributed by atoms with Crippen LogP contribution in [-0.4, -0.2) is 36.2 Å². The summed E-state index contributed by atoms with van der Waals surface area (Å²) in [6.45, 7) is 1.41. The lowest BCUT2D eigenvalue weighted by Gasteiger charge is -2.18. The second kappa shape index (κ2) is 14.9. The number of hydrogen-bond donors (Lipinski definition) is 3. The Morgan fingerprint density at radius 1 is 0.814 bits per heavy atom. The van der Waals surface area contributed by atoms with Crippen molar-refractivity contribution >= 4 is 23.3 Å². The van der Waals surface area contributed by atoms with Crippen LogP contribution in [0.2, 0.25) is 0 Å². The quantitative estimate of drug-likeness (QED) is 0.0807. The summed E-state index contributed by atoms with van der Waals surface area (Å²) in [6.07, 6.45) is 6.29. The minimum Gasteiger partial charge on any atom is -0.494 e. The molecule has 1 atom stereocenters. The standard InChI is InChI=1S/C36H38N2O5/c39-35(40)33(38-32-17-8-9-18-34(32)43-36(41)28-13-2-1-3-14-28)25-26-19-21-29(22-20-26)42-24-10-23-37-31-16-7-6-15-30(31)27-11-4-5-12-27/h1-3,6-9,13-22,27,33,37-38H,4-5,10-12,23-25H2,(H,39,40). The topological polar surface area (TPSA) is 96.9 Å². The number of carbonyl (C=O) groups excluding carboxylic acids is 1. The van der Waals surface area contributed by atoms with Gasteiger partial charge in [-0.2, -0.15) is 0 Å². The number of aliphatic carboxylic acids is 1. The van der Waals surface area contributed by atoms with Crippen LogP contribution in [0.15, 0.2) is 103 Å². The highest BCUT2D eigenvalue weighted by Crippen LogP contribution is 2.37. The van der Waals surface area contributed by atoms with Crippen LogP contribution in [0, 0.1) is 0 Å². The van der Waals surface area contributed by atoms with E-state index in [1.54, 1.807) is 48.5 Å². The number of para-hydroxylation sites is 3. The molecular formula is C36H38N2O5. The Morgan fingerprint density at radius 2 is 1.49 bits per heavy atom. The van der Waals surface area contributed by atoms with Gasteiger partial charge in [-0.15, -0.1) is 0 Å². The van der Waals surface area contributed by atoms with Gasteiger partial charge in [-0.05, 0) is 78.8 Å². The van der Waals surface area contributed by atoms with Crippen molar-refractivity contribution in [1.29, 1.82) is 0 Å². The van der Waals surface area contributed by atoms with Crippen LogP contribution in [0.1, 0.15) is 59.5 Å². The molecule has 0 spiro atoms. The van der Waals surface area contributed by atoms with Gasteiger partial charge in [0.25, 0.3) is 0 Å². The Balaban J connectivity index is 1.11. The van der Waals surface area contributed by atoms with E-state index in [2.05, 4.69) is 34.9 Å². The predicted molar refractivity (Wildman–Crippen MR) is 169 cm³/mol. The number of anilines is 2. The Morgan fingerprint density at radius 3 is 2.23 bits per heavy atom. The molecule has 0 bridgehead atoms. The molecule has 0 amide bonds. The fourth-order valence-electron chi connectivity index (χ4n) is 5.49. The van der Waals surface area contributed by atoms with Gasteiger partial charge in [0.1, 0.15) is 11.8 Å². The van der Waals surface area contributed by atoms with Gasteiger partial charge in [-0.25, -0.2) is 9.59 Å². The Hall–Kier alpha value is -4.78. The molecule has 7 nitrogen and oxygen atoms in total. The van der Waals surface area contributed by atoms with Crippen molar-refractivity contribution in [3.05, 3.63) is 120 Å². The molecule has 3 N–H and O–H groups in total. The summed E-state index contributed by atoms with van der Waals surface area (Å²) in [4.78, 5) is 24.7. The molecule has 0 saturated heterocycles. The number of hydrogen-bond acceptors (Lipinski definition) is 6. The molecule has 4 aromatic carbocycles. The fraction of sp³-hybridized carbons (Fsp3) is 0.278. The van der Waals surface area contributed by atoms with Gasteiger partial charge in [0, 0.05) is 18.7 Å². The SMILES string of the molecule is O=C(Oc1ccccc1NC(Cc1ccc(OCCCNc2ccccc2C2CCCC2)cc1)C(=O)O)c1ccccc1. The summed E-state index contributed by atoms with van der Waals surface area (Å²) in [5.41, 5.74) is 4.35. The average molecular weight is 579 g/mol. The summed E-state index contributed by atoms with van der Waals surface area (Å²) in [6, 6.07) is 30.7. The molecule has 222 valence electrons. The lowest BCUT2D eigenvalue weighted by atomic mass is 9.96. The molecule has 4 aromatic rings. The van der Waals surface area contributed by atoms with Gasteiger partial charge in [-0.3, -0.25) is 0 Å². The van der Waals surface area contributed by atoms with E-state index in [0.29, 0.717) is 23.8 Å². The fourth-order valence-corrected chi connectivity index (χ4v) is 5.49. The van der Waals surface area contributed by atoms with Gasteiger partial charge in [0.05, 0.1) is 17.9 Å². The monoisotopic (exact) mass is 578 g/mol. The number of carboxylic acids is 1. The van der Waals surface area contributed by atoms with Crippen LogP contribution < -0.4 is 20.1 Å². The smallest absolute Gasteiger partial charge is 0.343 e. The summed E-state index contributed by atoms with van der Waals surface area (Å²) >= 11 is 0. The van der Waals surface area contributed by atoms with E-state index in [9.17, 15) is 14.7 Å². The van der Waals surface area contributed by atoms with E-state index in [0.717, 1.165) is 24.3 Å². The van der Waals surface area contributed by atoms with Gasteiger partial charge >= 0.3 is 11.9 Å². The first kappa shape index (κ1) is 29.7. The van der Waals surface area contributed by atoms with Gasteiger partial charge in [0.2, 0.25) is 0 Å². The highest BCUT2D eigenvalue weighted by Gasteiger charge is 2.21. The van der Waals surface area contributed by atoms with Crippen LogP contribution in [0.5, 0.6) is 11.5 Å². The third kappa shape index (κ3) is 8.38. The highest BCUT2D eigenvalue weighted by molar-refractivity contribution is 5.92. The lowest BCUT2D eigenvalue weighted by Crippen LogP contribution is -2.31. The lowest BCUT2D eigenvalue weighted by molar-refractivity contribution is -0.137. The van der Waals surface area contributed by atoms with Crippen LogP contribution in [0.4, 0.5) is 11.4 Å². The first-order valence-electron chi connectivity index (χ1n) is 15.0. The average Bonchev–Trinajstić information content (AvgIpc) is 3.58. The molecule has 43 heavy (non-hydrogen) atoms. The summed E-state index contributed by atoms with van der Waals surface area (Å²) in [7, 11) is 0. The normalized spacial score (nSPS) is 13.7. The van der Waals surface area contributed by atoms with Crippen molar-refractivity contribution in [3.8, 4) is 11.5 Å². The molecule has 0 radical (unpaired) electrons. The Labute approximate surface area is 252 Å². The molecule has 1 aliphatic carbocycles. The zero-order chi connectivity index (χ0) is 29.9. The minimum absolute atomic E-state index is 0.237. The maximum atomic E-state index is 12.6. The van der Waals surface area contributed by atoms with Gasteiger partial charge in [0.15, 0.2) is 5.75 Å². The largest absolute Gasteiger partial charge is 0.494 e. The van der Waals surface area contributed by atoms with E-state index in [-0.39, 0.29) is 12.2 Å². The predicted octanol–water partition coefficient (Wildman–Crippen LogP) is 7.55. The number of ether oxygens (including phenoxy) is 2. The first-order chi connectivity index (χ1) is 21.1. The summed E-state index contributed by atoms with van der Waals surface area (Å²) < 4.78 is 11.5. The molecule has 0 aliphatic heterocycles. The van der Waals surface area contributed by atoms with Crippen LogP contribution in [0.25, 0.3) is 0 Å². The van der Waals surface area contributed by atoms with E-state index in [1.165, 1.54) is 36.9 Å². The Bertz CT molecular complexity index is 1480. The number of carbonyl (C=O) groups is 2. The summed E-state index contributed by atoms with van der Waals surface area (Å²) in [5.74, 6) is 0.158.